The van der Waals surface area contributed by atoms with Crippen LogP contribution < -0.4 is 0 Å². The monoisotopic (exact) mass is 290 g/mol. The molecule has 6 nitrogen and oxygen atoms in total. The number of aliphatic hydroxyl groups excluding tert-OH is 1. The summed E-state index contributed by atoms with van der Waals surface area (Å²) >= 11 is 0. The quantitative estimate of drug-likeness (QED) is 0.847. The first kappa shape index (κ1) is 14.3. The summed E-state index contributed by atoms with van der Waals surface area (Å²) in [5.41, 5.74) is 0. The second-order valence-corrected chi connectivity index (χ2v) is 5.54. The average Bonchev–Trinajstić information content (AvgIpc) is 3.14. The van der Waals surface area contributed by atoms with Crippen molar-refractivity contribution in [3.05, 3.63) is 42.6 Å². The lowest BCUT2D eigenvalue weighted by atomic mass is 10.2. The van der Waals surface area contributed by atoms with Gasteiger partial charge in [-0.3, -0.25) is 14.5 Å². The van der Waals surface area contributed by atoms with Gasteiger partial charge in [0.2, 0.25) is 0 Å². The smallest absolute Gasteiger partial charge is 0.117 e. The molecule has 1 aliphatic rings. The molecule has 0 unspecified atom stereocenters. The van der Waals surface area contributed by atoms with Crippen molar-refractivity contribution in [1.29, 1.82) is 0 Å². The van der Waals surface area contributed by atoms with Gasteiger partial charge in [-0.15, -0.1) is 0 Å². The number of aliphatic hydroxyl groups is 1. The summed E-state index contributed by atoms with van der Waals surface area (Å²) in [5.74, 6) is 1.02. The van der Waals surface area contributed by atoms with Crippen LogP contribution in [0.25, 0.3) is 0 Å². The van der Waals surface area contributed by atoms with Gasteiger partial charge in [0, 0.05) is 45.1 Å². The first-order valence-corrected chi connectivity index (χ1v) is 7.42. The van der Waals surface area contributed by atoms with Crippen molar-refractivity contribution in [3.8, 4) is 0 Å². The Labute approximate surface area is 124 Å². The van der Waals surface area contributed by atoms with Gasteiger partial charge in [-0.2, -0.15) is 5.10 Å². The summed E-state index contributed by atoms with van der Waals surface area (Å²) in [6.45, 7) is 6.11. The van der Waals surface area contributed by atoms with E-state index in [0.717, 1.165) is 38.5 Å². The topological polar surface area (TPSA) is 57.7 Å². The van der Waals surface area contributed by atoms with Gasteiger partial charge >= 0.3 is 0 Å². The zero-order valence-electron chi connectivity index (χ0n) is 12.1. The van der Waals surface area contributed by atoms with Crippen LogP contribution >= 0.6 is 0 Å². The van der Waals surface area contributed by atoms with Crippen molar-refractivity contribution in [2.45, 2.75) is 19.2 Å². The Morgan fingerprint density at radius 2 is 1.95 bits per heavy atom. The van der Waals surface area contributed by atoms with Crippen molar-refractivity contribution in [2.24, 2.45) is 0 Å². The number of aromatic nitrogens is 2. The van der Waals surface area contributed by atoms with E-state index in [1.54, 1.807) is 17.1 Å². The molecule has 6 heteroatoms. The molecular formula is C15H22N4O2. The Morgan fingerprint density at radius 1 is 1.14 bits per heavy atom. The van der Waals surface area contributed by atoms with Crippen LogP contribution in [0, 0.1) is 0 Å². The van der Waals surface area contributed by atoms with Crippen LogP contribution in [0.15, 0.2) is 41.3 Å². The third kappa shape index (κ3) is 4.17. The van der Waals surface area contributed by atoms with Gasteiger partial charge in [-0.25, -0.2) is 0 Å². The molecule has 0 aromatic carbocycles. The molecule has 1 saturated heterocycles. The first-order chi connectivity index (χ1) is 10.3. The minimum Gasteiger partial charge on any atom is -0.468 e. The lowest BCUT2D eigenvalue weighted by molar-refractivity contribution is 0.0586. The molecule has 0 saturated carbocycles. The molecule has 0 bridgehead atoms. The van der Waals surface area contributed by atoms with Crippen molar-refractivity contribution in [3.63, 3.8) is 0 Å². The largest absolute Gasteiger partial charge is 0.468 e. The number of β-amino-alcohol motifs (C(OH)–C–C–N with tert-alkyl or cyclic N) is 1. The highest BCUT2D eigenvalue weighted by molar-refractivity contribution is 4.98. The fraction of sp³-hybridized carbons (Fsp3) is 0.533. The highest BCUT2D eigenvalue weighted by Gasteiger charge is 2.20. The van der Waals surface area contributed by atoms with Gasteiger partial charge in [0.15, 0.2) is 0 Å². The maximum Gasteiger partial charge on any atom is 0.117 e. The molecule has 1 atom stereocenters. The van der Waals surface area contributed by atoms with Crippen LogP contribution in [-0.4, -0.2) is 63.5 Å². The number of furan rings is 1. The maximum atomic E-state index is 10.1. The molecule has 0 amide bonds. The van der Waals surface area contributed by atoms with Crippen molar-refractivity contribution in [1.82, 2.24) is 19.6 Å². The molecule has 0 spiro atoms. The minimum absolute atomic E-state index is 0.374. The predicted octanol–water partition coefficient (Wildman–Crippen LogP) is 0.655. The van der Waals surface area contributed by atoms with E-state index in [0.29, 0.717) is 13.1 Å². The molecule has 0 aliphatic carbocycles. The Kier molecular flexibility index (Phi) is 4.69. The van der Waals surface area contributed by atoms with Gasteiger partial charge < -0.3 is 9.52 Å². The summed E-state index contributed by atoms with van der Waals surface area (Å²) in [6, 6.07) is 5.82. The molecule has 2 aromatic heterocycles. The van der Waals surface area contributed by atoms with Crippen LogP contribution in [-0.2, 0) is 13.1 Å². The SMILES string of the molecule is O[C@@H](CN1CCN(Cc2ccco2)CC1)Cn1cccn1. The molecule has 2 aromatic rings. The van der Waals surface area contributed by atoms with Crippen LogP contribution in [0.3, 0.4) is 0 Å². The van der Waals surface area contributed by atoms with Crippen molar-refractivity contribution in [2.75, 3.05) is 32.7 Å². The summed E-state index contributed by atoms with van der Waals surface area (Å²) in [5, 5.41) is 14.2. The molecular weight excluding hydrogens is 268 g/mol. The first-order valence-electron chi connectivity index (χ1n) is 7.42. The van der Waals surface area contributed by atoms with E-state index < -0.39 is 0 Å². The van der Waals surface area contributed by atoms with Gasteiger partial charge in [0.05, 0.1) is 25.5 Å². The molecule has 1 fully saturated rings. The summed E-state index contributed by atoms with van der Waals surface area (Å²) in [7, 11) is 0. The molecule has 1 aliphatic heterocycles. The zero-order chi connectivity index (χ0) is 14.5. The van der Waals surface area contributed by atoms with E-state index in [9.17, 15) is 5.11 Å². The van der Waals surface area contributed by atoms with Crippen molar-refractivity contribution >= 4 is 0 Å². The van der Waals surface area contributed by atoms with E-state index in [2.05, 4.69) is 14.9 Å². The van der Waals surface area contributed by atoms with Crippen LogP contribution in [0.5, 0.6) is 0 Å². The summed E-state index contributed by atoms with van der Waals surface area (Å²) < 4.78 is 7.16. The maximum absolute atomic E-state index is 10.1. The molecule has 0 radical (unpaired) electrons. The fourth-order valence-corrected chi connectivity index (χ4v) is 2.73. The van der Waals surface area contributed by atoms with Crippen molar-refractivity contribution < 1.29 is 9.52 Å². The standard InChI is InChI=1S/C15H22N4O2/c20-14(12-19-5-2-4-16-19)11-17-6-8-18(9-7-17)13-15-3-1-10-21-15/h1-5,10,14,20H,6-9,11-13H2/t14-/m0/s1. The fourth-order valence-electron chi connectivity index (χ4n) is 2.73. The number of hydrogen-bond acceptors (Lipinski definition) is 5. The Balaban J connectivity index is 1.39. The van der Waals surface area contributed by atoms with Crippen LogP contribution in [0.4, 0.5) is 0 Å². The lowest BCUT2D eigenvalue weighted by Crippen LogP contribution is -2.48. The van der Waals surface area contributed by atoms with E-state index in [4.69, 9.17) is 4.42 Å². The normalized spacial score (nSPS) is 18.9. The van der Waals surface area contributed by atoms with E-state index in [1.807, 2.05) is 24.4 Å². The number of rotatable bonds is 6. The molecule has 1 N–H and O–H groups in total. The number of hydrogen-bond donors (Lipinski definition) is 1. The Morgan fingerprint density at radius 3 is 2.62 bits per heavy atom. The van der Waals surface area contributed by atoms with E-state index in [1.165, 1.54) is 0 Å². The number of piperazine rings is 1. The average molecular weight is 290 g/mol. The van der Waals surface area contributed by atoms with Gasteiger partial charge in [-0.1, -0.05) is 0 Å². The Hall–Kier alpha value is -1.63. The molecule has 3 heterocycles. The Bertz CT molecular complexity index is 504. The number of nitrogens with zero attached hydrogens (tertiary/aromatic N) is 4. The minimum atomic E-state index is -0.374. The molecule has 3 rings (SSSR count). The van der Waals surface area contributed by atoms with E-state index in [-0.39, 0.29) is 6.10 Å². The van der Waals surface area contributed by atoms with Gasteiger partial charge in [0.25, 0.3) is 0 Å². The molecule has 21 heavy (non-hydrogen) atoms. The lowest BCUT2D eigenvalue weighted by Gasteiger charge is -2.35. The highest BCUT2D eigenvalue weighted by Crippen LogP contribution is 2.09. The highest BCUT2D eigenvalue weighted by atomic mass is 16.3. The summed E-state index contributed by atoms with van der Waals surface area (Å²) in [4.78, 5) is 4.70. The summed E-state index contributed by atoms with van der Waals surface area (Å²) in [6.07, 6.45) is 4.96. The second kappa shape index (κ2) is 6.89. The van der Waals surface area contributed by atoms with E-state index >= 15 is 0 Å². The third-order valence-electron chi connectivity index (χ3n) is 3.85. The predicted molar refractivity (Wildman–Crippen MR) is 78.7 cm³/mol. The van der Waals surface area contributed by atoms with Gasteiger partial charge in [0.1, 0.15) is 5.76 Å². The van der Waals surface area contributed by atoms with Crippen LogP contribution in [0.1, 0.15) is 5.76 Å². The van der Waals surface area contributed by atoms with Gasteiger partial charge in [-0.05, 0) is 18.2 Å². The third-order valence-corrected chi connectivity index (χ3v) is 3.85. The molecule has 114 valence electrons. The zero-order valence-corrected chi connectivity index (χ0v) is 12.1. The van der Waals surface area contributed by atoms with Crippen LogP contribution in [0.2, 0.25) is 0 Å². The second-order valence-electron chi connectivity index (χ2n) is 5.54.